The molecule has 3 heterocycles. The van der Waals surface area contributed by atoms with Crippen molar-refractivity contribution in [2.45, 2.75) is 25.7 Å². The molecule has 9 nitrogen and oxygen atoms in total. The van der Waals surface area contributed by atoms with Crippen molar-refractivity contribution in [1.29, 1.82) is 0 Å². The van der Waals surface area contributed by atoms with Crippen LogP contribution in [0.3, 0.4) is 0 Å². The van der Waals surface area contributed by atoms with E-state index in [0.29, 0.717) is 5.69 Å². The van der Waals surface area contributed by atoms with Crippen LogP contribution >= 0.6 is 11.3 Å². The van der Waals surface area contributed by atoms with Gasteiger partial charge in [0.25, 0.3) is 0 Å². The van der Waals surface area contributed by atoms with E-state index in [-0.39, 0.29) is 54.1 Å². The van der Waals surface area contributed by atoms with Crippen molar-refractivity contribution < 1.29 is 27.2 Å². The SMILES string of the molecule is COC(=O)c1c(C)oc(C)c1S(=O)(=O)N1CCN(C(=O)/C=C/c2csc(C)n2)CC1. The van der Waals surface area contributed by atoms with Crippen LogP contribution in [0.4, 0.5) is 0 Å². The van der Waals surface area contributed by atoms with Crippen LogP contribution < -0.4 is 0 Å². The molecule has 1 aliphatic rings. The monoisotopic (exact) mass is 453 g/mol. The van der Waals surface area contributed by atoms with E-state index in [4.69, 9.17) is 9.15 Å². The summed E-state index contributed by atoms with van der Waals surface area (Å²) in [7, 11) is -2.80. The maximum Gasteiger partial charge on any atom is 0.342 e. The number of carbonyl (C=O) groups excluding carboxylic acids is 2. The molecule has 2 aromatic rings. The summed E-state index contributed by atoms with van der Waals surface area (Å²) in [4.78, 5) is 30.2. The van der Waals surface area contributed by atoms with Crippen LogP contribution in [0, 0.1) is 20.8 Å². The molecular weight excluding hydrogens is 430 g/mol. The second-order valence-corrected chi connectivity index (χ2v) is 9.70. The quantitative estimate of drug-likeness (QED) is 0.503. The summed E-state index contributed by atoms with van der Waals surface area (Å²) in [6.07, 6.45) is 3.09. The topological polar surface area (TPSA) is 110 Å². The van der Waals surface area contributed by atoms with Crippen LogP contribution in [0.15, 0.2) is 20.8 Å². The van der Waals surface area contributed by atoms with Gasteiger partial charge in [-0.1, -0.05) is 0 Å². The lowest BCUT2D eigenvalue weighted by molar-refractivity contribution is -0.127. The third-order valence-corrected chi connectivity index (χ3v) is 7.62. The zero-order chi connectivity index (χ0) is 22.1. The molecule has 1 saturated heterocycles. The van der Waals surface area contributed by atoms with Gasteiger partial charge in [-0.3, -0.25) is 4.79 Å². The number of esters is 1. The van der Waals surface area contributed by atoms with E-state index in [0.717, 1.165) is 5.01 Å². The number of carbonyl (C=O) groups is 2. The highest BCUT2D eigenvalue weighted by Gasteiger charge is 2.37. The number of piperazine rings is 1. The number of sulfonamides is 1. The van der Waals surface area contributed by atoms with Gasteiger partial charge in [0.1, 0.15) is 22.0 Å². The fourth-order valence-electron chi connectivity index (χ4n) is 3.31. The van der Waals surface area contributed by atoms with E-state index in [1.54, 1.807) is 11.0 Å². The Morgan fingerprint density at radius 2 is 1.83 bits per heavy atom. The maximum absolute atomic E-state index is 13.2. The smallest absolute Gasteiger partial charge is 0.342 e. The van der Waals surface area contributed by atoms with Gasteiger partial charge in [0.2, 0.25) is 15.9 Å². The number of methoxy groups -OCH3 is 1. The van der Waals surface area contributed by atoms with Crippen LogP contribution in [0.5, 0.6) is 0 Å². The number of amides is 1. The second kappa shape index (κ2) is 8.70. The highest BCUT2D eigenvalue weighted by Crippen LogP contribution is 2.30. The van der Waals surface area contributed by atoms with Gasteiger partial charge in [-0.05, 0) is 26.8 Å². The third kappa shape index (κ3) is 4.32. The first kappa shape index (κ1) is 22.2. The lowest BCUT2D eigenvalue weighted by Crippen LogP contribution is -2.50. The Balaban J connectivity index is 1.72. The molecule has 0 radical (unpaired) electrons. The molecule has 0 bridgehead atoms. The van der Waals surface area contributed by atoms with Gasteiger partial charge in [0.15, 0.2) is 0 Å². The van der Waals surface area contributed by atoms with Crippen LogP contribution in [-0.2, 0) is 19.6 Å². The minimum absolute atomic E-state index is 0.0880. The zero-order valence-electron chi connectivity index (χ0n) is 17.2. The molecule has 0 saturated carbocycles. The van der Waals surface area contributed by atoms with Gasteiger partial charge in [0.05, 0.1) is 17.8 Å². The van der Waals surface area contributed by atoms with Crippen LogP contribution in [-0.4, -0.2) is 67.8 Å². The summed E-state index contributed by atoms with van der Waals surface area (Å²) < 4.78 is 37.7. The summed E-state index contributed by atoms with van der Waals surface area (Å²) in [5, 5.41) is 2.77. The second-order valence-electron chi connectivity index (χ2n) is 6.76. The molecule has 11 heteroatoms. The van der Waals surface area contributed by atoms with E-state index < -0.39 is 16.0 Å². The molecule has 30 heavy (non-hydrogen) atoms. The minimum atomic E-state index is -3.99. The van der Waals surface area contributed by atoms with Gasteiger partial charge >= 0.3 is 5.97 Å². The van der Waals surface area contributed by atoms with Crippen molar-refractivity contribution in [2.24, 2.45) is 0 Å². The predicted octanol–water partition coefficient (Wildman–Crippen LogP) is 1.99. The Hall–Kier alpha value is -2.50. The zero-order valence-corrected chi connectivity index (χ0v) is 18.8. The summed E-state index contributed by atoms with van der Waals surface area (Å²) >= 11 is 1.50. The molecule has 3 rings (SSSR count). The van der Waals surface area contributed by atoms with Crippen LogP contribution in [0.25, 0.3) is 6.08 Å². The molecule has 0 aromatic carbocycles. The fraction of sp³-hybridized carbons (Fsp3) is 0.421. The maximum atomic E-state index is 13.2. The van der Waals surface area contributed by atoms with Gasteiger partial charge < -0.3 is 14.1 Å². The molecule has 1 amide bonds. The number of aryl methyl sites for hydroxylation is 3. The molecular formula is C19H23N3O6S2. The molecule has 0 spiro atoms. The molecule has 1 fully saturated rings. The van der Waals surface area contributed by atoms with Crippen molar-refractivity contribution in [3.8, 4) is 0 Å². The van der Waals surface area contributed by atoms with Gasteiger partial charge in [-0.15, -0.1) is 11.3 Å². The van der Waals surface area contributed by atoms with E-state index in [1.165, 1.54) is 42.7 Å². The fourth-order valence-corrected chi connectivity index (χ4v) is 5.68. The van der Waals surface area contributed by atoms with Crippen molar-refractivity contribution in [1.82, 2.24) is 14.2 Å². The average molecular weight is 454 g/mol. The average Bonchev–Trinajstić information content (AvgIpc) is 3.27. The van der Waals surface area contributed by atoms with Crippen LogP contribution in [0.1, 0.15) is 32.6 Å². The number of nitrogens with zero attached hydrogens (tertiary/aromatic N) is 3. The van der Waals surface area contributed by atoms with Gasteiger partial charge in [0, 0.05) is 37.6 Å². The number of aromatic nitrogens is 1. The van der Waals surface area contributed by atoms with Gasteiger partial charge in [-0.25, -0.2) is 18.2 Å². The van der Waals surface area contributed by atoms with Crippen molar-refractivity contribution >= 4 is 39.3 Å². The summed E-state index contributed by atoms with van der Waals surface area (Å²) in [5.74, 6) is -0.649. The Kier molecular flexibility index (Phi) is 6.44. The Morgan fingerprint density at radius 3 is 2.40 bits per heavy atom. The lowest BCUT2D eigenvalue weighted by atomic mass is 10.2. The molecule has 0 aliphatic carbocycles. The standard InChI is InChI=1S/C19H23N3O6S2/c1-12-17(19(24)27-4)18(13(2)28-12)30(25,26)22-9-7-21(8-10-22)16(23)6-5-15-11-29-14(3)20-15/h5-6,11H,7-10H2,1-4H3/b6-5+. The van der Waals surface area contributed by atoms with E-state index in [2.05, 4.69) is 4.98 Å². The number of thiazole rings is 1. The number of rotatable bonds is 5. The van der Waals surface area contributed by atoms with E-state index >= 15 is 0 Å². The Morgan fingerprint density at radius 1 is 1.17 bits per heavy atom. The van der Waals surface area contributed by atoms with Crippen molar-refractivity contribution in [3.05, 3.63) is 39.2 Å². The Bertz CT molecular complexity index is 1090. The molecule has 162 valence electrons. The van der Waals surface area contributed by atoms with E-state index in [9.17, 15) is 18.0 Å². The summed E-state index contributed by atoms with van der Waals surface area (Å²) in [5.41, 5.74) is 0.628. The third-order valence-electron chi connectivity index (χ3n) is 4.78. The molecule has 1 aliphatic heterocycles. The van der Waals surface area contributed by atoms with Crippen LogP contribution in [0.2, 0.25) is 0 Å². The van der Waals surface area contributed by atoms with Gasteiger partial charge in [-0.2, -0.15) is 4.31 Å². The molecule has 0 unspecified atom stereocenters. The molecule has 2 aromatic heterocycles. The first-order valence-corrected chi connectivity index (χ1v) is 11.5. The highest BCUT2D eigenvalue weighted by atomic mass is 32.2. The van der Waals surface area contributed by atoms with Crippen molar-refractivity contribution in [3.63, 3.8) is 0 Å². The number of furan rings is 1. The molecule has 0 N–H and O–H groups in total. The first-order chi connectivity index (χ1) is 14.1. The number of hydrogen-bond donors (Lipinski definition) is 0. The largest absolute Gasteiger partial charge is 0.465 e. The number of hydrogen-bond acceptors (Lipinski definition) is 8. The lowest BCUT2D eigenvalue weighted by Gasteiger charge is -2.33. The molecule has 0 atom stereocenters. The Labute approximate surface area is 179 Å². The minimum Gasteiger partial charge on any atom is -0.465 e. The van der Waals surface area contributed by atoms with Crippen molar-refractivity contribution in [2.75, 3.05) is 33.3 Å². The summed E-state index contributed by atoms with van der Waals surface area (Å²) in [6.45, 7) is 5.61. The number of ether oxygens (including phenoxy) is 1. The normalized spacial score (nSPS) is 15.7. The highest BCUT2D eigenvalue weighted by molar-refractivity contribution is 7.89. The summed E-state index contributed by atoms with van der Waals surface area (Å²) in [6, 6.07) is 0. The first-order valence-electron chi connectivity index (χ1n) is 9.22. The predicted molar refractivity (Wildman–Crippen MR) is 111 cm³/mol. The van der Waals surface area contributed by atoms with E-state index in [1.807, 2.05) is 12.3 Å².